The van der Waals surface area contributed by atoms with Crippen LogP contribution in [-0.2, 0) is 6.42 Å². The fourth-order valence-electron chi connectivity index (χ4n) is 2.16. The minimum atomic E-state index is -0.150. The van der Waals surface area contributed by atoms with Crippen molar-refractivity contribution in [3.63, 3.8) is 0 Å². The molecule has 112 valence electrons. The first-order chi connectivity index (χ1) is 9.42. The lowest BCUT2D eigenvalue weighted by Crippen LogP contribution is -2.31. The lowest BCUT2D eigenvalue weighted by atomic mass is 9.86. The Morgan fingerprint density at radius 2 is 1.80 bits per heavy atom. The van der Waals surface area contributed by atoms with Crippen molar-refractivity contribution in [2.75, 3.05) is 20.1 Å². The molecule has 0 amide bonds. The molecule has 0 bridgehead atoms. The maximum Gasteiger partial charge on any atom is 0.0963 e. The van der Waals surface area contributed by atoms with E-state index in [9.17, 15) is 0 Å². The molecule has 3 nitrogen and oxygen atoms in total. The summed E-state index contributed by atoms with van der Waals surface area (Å²) in [6, 6.07) is 10.6. The first-order valence-electron chi connectivity index (χ1n) is 7.49. The number of likely N-dealkylation sites (N-methyl/N-ethyl adjacent to an activating group) is 1. The third-order valence-corrected chi connectivity index (χ3v) is 3.95. The quantitative estimate of drug-likeness (QED) is 0.413. The van der Waals surface area contributed by atoms with Crippen molar-refractivity contribution in [2.45, 2.75) is 39.5 Å². The van der Waals surface area contributed by atoms with Crippen LogP contribution in [0.15, 0.2) is 30.3 Å². The average molecular weight is 275 g/mol. The van der Waals surface area contributed by atoms with Crippen LogP contribution in [0.1, 0.15) is 38.7 Å². The Labute approximate surface area is 123 Å². The molecule has 3 N–H and O–H groups in total. The van der Waals surface area contributed by atoms with E-state index in [1.807, 2.05) is 0 Å². The molecule has 0 aliphatic rings. The molecule has 0 saturated carbocycles. The van der Waals surface area contributed by atoms with Crippen LogP contribution >= 0.6 is 0 Å². The van der Waals surface area contributed by atoms with E-state index in [0.717, 1.165) is 32.4 Å². The molecule has 1 rings (SSSR count). The Kier molecular flexibility index (Phi) is 6.73. The Bertz CT molecular complexity index is 398. The van der Waals surface area contributed by atoms with Gasteiger partial charge in [-0.15, -0.1) is 0 Å². The zero-order valence-corrected chi connectivity index (χ0v) is 13.2. The summed E-state index contributed by atoms with van der Waals surface area (Å²) in [4.78, 5) is 2.38. The molecule has 0 spiro atoms. The van der Waals surface area contributed by atoms with Gasteiger partial charge in [-0.25, -0.2) is 0 Å². The van der Waals surface area contributed by atoms with Crippen LogP contribution in [0.4, 0.5) is 0 Å². The second-order valence-corrected chi connectivity index (χ2v) is 6.29. The summed E-state index contributed by atoms with van der Waals surface area (Å²) in [5, 5.41) is 7.55. The molecule has 0 heterocycles. The summed E-state index contributed by atoms with van der Waals surface area (Å²) in [7, 11) is 2.18. The highest BCUT2D eigenvalue weighted by molar-refractivity contribution is 5.82. The van der Waals surface area contributed by atoms with E-state index in [-0.39, 0.29) is 5.41 Å². The van der Waals surface area contributed by atoms with Crippen molar-refractivity contribution in [1.29, 1.82) is 5.41 Å². The molecule has 0 aromatic heterocycles. The number of unbranched alkanes of at least 4 members (excludes halogenated alkanes) is 1. The van der Waals surface area contributed by atoms with Gasteiger partial charge < -0.3 is 10.6 Å². The van der Waals surface area contributed by atoms with Gasteiger partial charge in [0.25, 0.3) is 0 Å². The van der Waals surface area contributed by atoms with Gasteiger partial charge in [0, 0.05) is 12.0 Å². The summed E-state index contributed by atoms with van der Waals surface area (Å²) >= 11 is 0. The van der Waals surface area contributed by atoms with Crippen LogP contribution in [0.3, 0.4) is 0 Å². The summed E-state index contributed by atoms with van der Waals surface area (Å²) in [5.74, 6) is 0.301. The minimum absolute atomic E-state index is 0.150. The van der Waals surface area contributed by atoms with Gasteiger partial charge in [0.1, 0.15) is 0 Å². The third-order valence-electron chi connectivity index (χ3n) is 3.95. The number of rotatable bonds is 9. The smallest absolute Gasteiger partial charge is 0.0963 e. The highest BCUT2D eigenvalue weighted by Gasteiger charge is 2.20. The van der Waals surface area contributed by atoms with E-state index >= 15 is 0 Å². The summed E-state index contributed by atoms with van der Waals surface area (Å²) in [5.41, 5.74) is 6.85. The number of amidine groups is 1. The van der Waals surface area contributed by atoms with Crippen LogP contribution in [0.5, 0.6) is 0 Å². The predicted octanol–water partition coefficient (Wildman–Crippen LogP) is 3.29. The molecule has 0 unspecified atom stereocenters. The first-order valence-corrected chi connectivity index (χ1v) is 7.49. The number of hydrogen-bond donors (Lipinski definition) is 2. The van der Waals surface area contributed by atoms with E-state index in [1.54, 1.807) is 0 Å². The van der Waals surface area contributed by atoms with Crippen LogP contribution in [0, 0.1) is 10.8 Å². The van der Waals surface area contributed by atoms with Crippen molar-refractivity contribution >= 4 is 5.84 Å². The van der Waals surface area contributed by atoms with Crippen LogP contribution in [0.25, 0.3) is 0 Å². The fourth-order valence-corrected chi connectivity index (χ4v) is 2.16. The zero-order chi connectivity index (χ0) is 15.0. The van der Waals surface area contributed by atoms with Crippen LogP contribution < -0.4 is 5.73 Å². The largest absolute Gasteiger partial charge is 0.387 e. The van der Waals surface area contributed by atoms with E-state index in [1.165, 1.54) is 12.0 Å². The molecule has 0 radical (unpaired) electrons. The van der Waals surface area contributed by atoms with E-state index in [2.05, 4.69) is 56.1 Å². The number of nitrogens with zero attached hydrogens (tertiary/aromatic N) is 1. The van der Waals surface area contributed by atoms with Gasteiger partial charge in [0.05, 0.1) is 5.84 Å². The topological polar surface area (TPSA) is 53.1 Å². The molecule has 20 heavy (non-hydrogen) atoms. The van der Waals surface area contributed by atoms with E-state index < -0.39 is 0 Å². The average Bonchev–Trinajstić information content (AvgIpc) is 2.42. The zero-order valence-electron chi connectivity index (χ0n) is 13.2. The van der Waals surface area contributed by atoms with Crippen molar-refractivity contribution in [3.8, 4) is 0 Å². The van der Waals surface area contributed by atoms with Crippen LogP contribution in [-0.4, -0.2) is 30.9 Å². The third kappa shape index (κ3) is 6.20. The van der Waals surface area contributed by atoms with Gasteiger partial charge in [-0.1, -0.05) is 50.6 Å². The molecule has 0 aliphatic carbocycles. The lowest BCUT2D eigenvalue weighted by Gasteiger charge is -2.23. The van der Waals surface area contributed by atoms with Gasteiger partial charge in [-0.3, -0.25) is 5.41 Å². The van der Waals surface area contributed by atoms with Crippen molar-refractivity contribution in [3.05, 3.63) is 35.9 Å². The summed E-state index contributed by atoms with van der Waals surface area (Å²) in [6.45, 7) is 6.31. The summed E-state index contributed by atoms with van der Waals surface area (Å²) < 4.78 is 0. The molecule has 0 saturated heterocycles. The monoisotopic (exact) mass is 275 g/mol. The van der Waals surface area contributed by atoms with Gasteiger partial charge in [-0.05, 0) is 38.4 Å². The predicted molar refractivity (Wildman–Crippen MR) is 87.2 cm³/mol. The van der Waals surface area contributed by atoms with E-state index in [4.69, 9.17) is 11.1 Å². The number of nitrogens with two attached hydrogens (primary N) is 1. The Hall–Kier alpha value is -1.35. The summed E-state index contributed by atoms with van der Waals surface area (Å²) in [6.07, 6.45) is 4.40. The standard InChI is InChI=1S/C17H29N3/c1-17(2,16(18)19)12-7-8-13-20(3)14-11-15-9-5-4-6-10-15/h4-6,9-10H,7-8,11-14H2,1-3H3,(H3,18,19). The van der Waals surface area contributed by atoms with Crippen LogP contribution in [0.2, 0.25) is 0 Å². The molecule has 0 aliphatic heterocycles. The maximum absolute atomic E-state index is 7.55. The Morgan fingerprint density at radius 3 is 2.40 bits per heavy atom. The Balaban J connectivity index is 2.15. The van der Waals surface area contributed by atoms with Gasteiger partial charge in [0.15, 0.2) is 0 Å². The number of nitrogens with one attached hydrogen (secondary N) is 1. The van der Waals surface area contributed by atoms with Gasteiger partial charge in [-0.2, -0.15) is 0 Å². The lowest BCUT2D eigenvalue weighted by molar-refractivity contribution is 0.319. The number of benzene rings is 1. The molecule has 1 aromatic rings. The molecular weight excluding hydrogens is 246 g/mol. The maximum atomic E-state index is 7.55. The fraction of sp³-hybridized carbons (Fsp3) is 0.588. The second kappa shape index (κ2) is 8.05. The SMILES string of the molecule is CN(CCCCC(C)(C)C(=N)N)CCc1ccccc1. The van der Waals surface area contributed by atoms with Gasteiger partial charge >= 0.3 is 0 Å². The van der Waals surface area contributed by atoms with Crippen molar-refractivity contribution in [2.24, 2.45) is 11.1 Å². The van der Waals surface area contributed by atoms with Crippen molar-refractivity contribution < 1.29 is 0 Å². The normalized spacial score (nSPS) is 11.8. The van der Waals surface area contributed by atoms with Crippen molar-refractivity contribution in [1.82, 2.24) is 4.90 Å². The first kappa shape index (κ1) is 16.7. The highest BCUT2D eigenvalue weighted by Crippen LogP contribution is 2.22. The highest BCUT2D eigenvalue weighted by atomic mass is 15.1. The van der Waals surface area contributed by atoms with E-state index in [0.29, 0.717) is 5.84 Å². The molecular formula is C17H29N3. The second-order valence-electron chi connectivity index (χ2n) is 6.29. The van der Waals surface area contributed by atoms with Gasteiger partial charge in [0.2, 0.25) is 0 Å². The molecule has 3 heteroatoms. The molecule has 1 aromatic carbocycles. The number of hydrogen-bond acceptors (Lipinski definition) is 2. The molecule has 0 fully saturated rings. The molecule has 0 atom stereocenters. The minimum Gasteiger partial charge on any atom is -0.387 e. The Morgan fingerprint density at radius 1 is 1.15 bits per heavy atom.